The third-order valence-electron chi connectivity index (χ3n) is 3.78. The van der Waals surface area contributed by atoms with Gasteiger partial charge in [0.2, 0.25) is 11.8 Å². The number of amides is 2. The maximum atomic E-state index is 12.1. The smallest absolute Gasteiger partial charge is 0.326 e. The van der Waals surface area contributed by atoms with Crippen molar-refractivity contribution >= 4 is 23.5 Å². The van der Waals surface area contributed by atoms with Gasteiger partial charge in [-0.05, 0) is 25.0 Å². The Labute approximate surface area is 134 Å². The molecular formula is C16H20N2O5. The van der Waals surface area contributed by atoms with Crippen molar-refractivity contribution < 1.29 is 24.2 Å². The maximum Gasteiger partial charge on any atom is 0.326 e. The van der Waals surface area contributed by atoms with E-state index in [-0.39, 0.29) is 24.7 Å². The van der Waals surface area contributed by atoms with Gasteiger partial charge >= 0.3 is 5.97 Å². The fraction of sp³-hybridized carbons (Fsp3) is 0.438. The molecule has 7 heteroatoms. The lowest BCUT2D eigenvalue weighted by molar-refractivity contribution is -0.148. The zero-order valence-corrected chi connectivity index (χ0v) is 12.9. The predicted molar refractivity (Wildman–Crippen MR) is 83.2 cm³/mol. The van der Waals surface area contributed by atoms with Crippen LogP contribution in [0.15, 0.2) is 24.3 Å². The number of anilines is 1. The van der Waals surface area contributed by atoms with Crippen molar-refractivity contribution in [2.45, 2.75) is 31.7 Å². The molecule has 1 unspecified atom stereocenters. The average molecular weight is 320 g/mol. The number of likely N-dealkylation sites (tertiary alicyclic amines) is 1. The van der Waals surface area contributed by atoms with E-state index in [0.29, 0.717) is 30.8 Å². The van der Waals surface area contributed by atoms with Crippen molar-refractivity contribution in [2.24, 2.45) is 0 Å². The van der Waals surface area contributed by atoms with Crippen LogP contribution in [0.4, 0.5) is 5.69 Å². The molecule has 1 saturated heterocycles. The van der Waals surface area contributed by atoms with E-state index in [1.54, 1.807) is 24.3 Å². The fourth-order valence-corrected chi connectivity index (χ4v) is 2.61. The molecule has 0 saturated carbocycles. The molecule has 2 amide bonds. The summed E-state index contributed by atoms with van der Waals surface area (Å²) in [5.74, 6) is -0.953. The number of carbonyl (C=O) groups excluding carboxylic acids is 2. The fourth-order valence-electron chi connectivity index (χ4n) is 2.61. The lowest BCUT2D eigenvalue weighted by Crippen LogP contribution is -2.40. The molecule has 124 valence electrons. The van der Waals surface area contributed by atoms with Crippen LogP contribution < -0.4 is 10.1 Å². The molecule has 0 radical (unpaired) electrons. The van der Waals surface area contributed by atoms with Crippen LogP contribution in [-0.4, -0.2) is 47.5 Å². The second-order valence-corrected chi connectivity index (χ2v) is 5.36. The van der Waals surface area contributed by atoms with E-state index in [2.05, 4.69) is 5.32 Å². The van der Waals surface area contributed by atoms with Gasteiger partial charge in [-0.1, -0.05) is 6.07 Å². The summed E-state index contributed by atoms with van der Waals surface area (Å²) in [5.41, 5.74) is 0.589. The van der Waals surface area contributed by atoms with Crippen molar-refractivity contribution in [3.05, 3.63) is 24.3 Å². The van der Waals surface area contributed by atoms with Crippen LogP contribution in [-0.2, 0) is 14.4 Å². The summed E-state index contributed by atoms with van der Waals surface area (Å²) in [7, 11) is 1.54. The molecule has 1 heterocycles. The zero-order valence-electron chi connectivity index (χ0n) is 12.9. The molecule has 7 nitrogen and oxygen atoms in total. The highest BCUT2D eigenvalue weighted by Crippen LogP contribution is 2.20. The SMILES string of the molecule is COc1cccc(NC(=O)CCC(=O)N2CCCC2C(=O)O)c1. The van der Waals surface area contributed by atoms with Gasteiger partial charge in [-0.2, -0.15) is 0 Å². The van der Waals surface area contributed by atoms with Crippen LogP contribution in [0.3, 0.4) is 0 Å². The Morgan fingerprint density at radius 3 is 2.83 bits per heavy atom. The van der Waals surface area contributed by atoms with Gasteiger partial charge in [0.25, 0.3) is 0 Å². The highest BCUT2D eigenvalue weighted by Gasteiger charge is 2.33. The summed E-state index contributed by atoms with van der Waals surface area (Å²) in [6.45, 7) is 0.438. The Kier molecular flexibility index (Phi) is 5.56. The van der Waals surface area contributed by atoms with E-state index in [9.17, 15) is 14.4 Å². The van der Waals surface area contributed by atoms with Crippen LogP contribution in [0.2, 0.25) is 0 Å². The minimum atomic E-state index is -0.989. The number of rotatable bonds is 6. The molecule has 0 spiro atoms. The first-order valence-electron chi connectivity index (χ1n) is 7.47. The molecule has 1 aliphatic rings. The monoisotopic (exact) mass is 320 g/mol. The van der Waals surface area contributed by atoms with E-state index >= 15 is 0 Å². The summed E-state index contributed by atoms with van der Waals surface area (Å²) in [4.78, 5) is 36.4. The molecule has 2 N–H and O–H groups in total. The number of methoxy groups -OCH3 is 1. The minimum Gasteiger partial charge on any atom is -0.497 e. The van der Waals surface area contributed by atoms with Gasteiger partial charge in [-0.25, -0.2) is 4.79 Å². The van der Waals surface area contributed by atoms with Crippen molar-refractivity contribution in [3.8, 4) is 5.75 Å². The van der Waals surface area contributed by atoms with Crippen LogP contribution in [0.1, 0.15) is 25.7 Å². The van der Waals surface area contributed by atoms with E-state index in [1.807, 2.05) is 0 Å². The van der Waals surface area contributed by atoms with Gasteiger partial charge < -0.3 is 20.1 Å². The number of hydrogen-bond acceptors (Lipinski definition) is 4. The molecule has 1 fully saturated rings. The van der Waals surface area contributed by atoms with Crippen molar-refractivity contribution in [1.82, 2.24) is 4.90 Å². The van der Waals surface area contributed by atoms with Crippen molar-refractivity contribution in [1.29, 1.82) is 0 Å². The molecule has 0 aliphatic carbocycles. The Balaban J connectivity index is 1.84. The topological polar surface area (TPSA) is 95.9 Å². The third-order valence-corrected chi connectivity index (χ3v) is 3.78. The lowest BCUT2D eigenvalue weighted by Gasteiger charge is -2.21. The second-order valence-electron chi connectivity index (χ2n) is 5.36. The largest absolute Gasteiger partial charge is 0.497 e. The van der Waals surface area contributed by atoms with Crippen LogP contribution in [0, 0.1) is 0 Å². The first-order chi connectivity index (χ1) is 11.0. The van der Waals surface area contributed by atoms with E-state index in [0.717, 1.165) is 0 Å². The summed E-state index contributed by atoms with van der Waals surface area (Å²) in [6.07, 6.45) is 1.16. The molecule has 0 bridgehead atoms. The van der Waals surface area contributed by atoms with Gasteiger partial charge in [-0.15, -0.1) is 0 Å². The number of carboxylic acids is 1. The number of ether oxygens (including phenoxy) is 1. The van der Waals surface area contributed by atoms with Crippen LogP contribution in [0.5, 0.6) is 5.75 Å². The predicted octanol–water partition coefficient (Wildman–Crippen LogP) is 1.49. The van der Waals surface area contributed by atoms with Gasteiger partial charge in [0.15, 0.2) is 0 Å². The van der Waals surface area contributed by atoms with Crippen molar-refractivity contribution in [3.63, 3.8) is 0 Å². The number of aliphatic carboxylic acids is 1. The first-order valence-corrected chi connectivity index (χ1v) is 7.47. The molecule has 0 aromatic heterocycles. The molecule has 1 aromatic carbocycles. The number of hydrogen-bond donors (Lipinski definition) is 2. The average Bonchev–Trinajstić information content (AvgIpc) is 3.02. The molecule has 1 aliphatic heterocycles. The highest BCUT2D eigenvalue weighted by molar-refractivity contribution is 5.94. The summed E-state index contributed by atoms with van der Waals surface area (Å²) in [6, 6.07) is 6.16. The Hall–Kier alpha value is -2.57. The Morgan fingerprint density at radius 1 is 1.35 bits per heavy atom. The van der Waals surface area contributed by atoms with Gasteiger partial charge in [0, 0.05) is 31.1 Å². The minimum absolute atomic E-state index is 0.000415. The molecule has 1 atom stereocenters. The third kappa shape index (κ3) is 4.45. The summed E-state index contributed by atoms with van der Waals surface area (Å²) >= 11 is 0. The quantitative estimate of drug-likeness (QED) is 0.828. The standard InChI is InChI=1S/C16H20N2O5/c1-23-12-5-2-4-11(10-12)17-14(19)7-8-15(20)18-9-3-6-13(18)16(21)22/h2,4-5,10,13H,3,6-9H2,1H3,(H,17,19)(H,21,22). The van der Waals surface area contributed by atoms with Crippen LogP contribution >= 0.6 is 0 Å². The lowest BCUT2D eigenvalue weighted by atomic mass is 10.2. The number of nitrogens with zero attached hydrogens (tertiary/aromatic N) is 1. The molecular weight excluding hydrogens is 300 g/mol. The van der Waals surface area contributed by atoms with E-state index in [1.165, 1.54) is 12.0 Å². The van der Waals surface area contributed by atoms with E-state index in [4.69, 9.17) is 9.84 Å². The zero-order chi connectivity index (χ0) is 16.8. The Morgan fingerprint density at radius 2 is 2.13 bits per heavy atom. The van der Waals surface area contributed by atoms with Crippen LogP contribution in [0.25, 0.3) is 0 Å². The Bertz CT molecular complexity index is 602. The number of benzene rings is 1. The maximum absolute atomic E-state index is 12.1. The van der Waals surface area contributed by atoms with Gasteiger partial charge in [0.05, 0.1) is 7.11 Å². The van der Waals surface area contributed by atoms with Gasteiger partial charge in [0.1, 0.15) is 11.8 Å². The van der Waals surface area contributed by atoms with Gasteiger partial charge in [-0.3, -0.25) is 9.59 Å². The number of nitrogens with one attached hydrogen (secondary N) is 1. The summed E-state index contributed by atoms with van der Waals surface area (Å²) in [5, 5.41) is 11.8. The molecule has 23 heavy (non-hydrogen) atoms. The molecule has 2 rings (SSSR count). The number of carboxylic acid groups (broad SMARTS) is 1. The normalized spacial score (nSPS) is 16.9. The van der Waals surface area contributed by atoms with E-state index < -0.39 is 12.0 Å². The second kappa shape index (κ2) is 7.62. The summed E-state index contributed by atoms with van der Waals surface area (Å²) < 4.78 is 5.07. The van der Waals surface area contributed by atoms with Crippen molar-refractivity contribution in [2.75, 3.05) is 19.0 Å². The molecule has 1 aromatic rings. The highest BCUT2D eigenvalue weighted by atomic mass is 16.5. The first kappa shape index (κ1) is 16.8. The number of carbonyl (C=O) groups is 3.